The fourth-order valence-corrected chi connectivity index (χ4v) is 3.48. The van der Waals surface area contributed by atoms with Crippen molar-refractivity contribution in [2.45, 2.75) is 51.7 Å². The Morgan fingerprint density at radius 2 is 2.10 bits per heavy atom. The molecule has 20 heavy (non-hydrogen) atoms. The molecule has 2 aromatic rings. The minimum Gasteiger partial charge on any atom is -0.461 e. The molecular weight excluding hydrogens is 248 g/mol. The molecule has 2 atom stereocenters. The van der Waals surface area contributed by atoms with Crippen molar-refractivity contribution in [3.8, 4) is 0 Å². The highest BCUT2D eigenvalue weighted by Crippen LogP contribution is 2.30. The molecular formula is C17H24N2O. The molecule has 0 bridgehead atoms. The predicted octanol–water partition coefficient (Wildman–Crippen LogP) is 3.44. The molecule has 3 rings (SSSR count). The largest absolute Gasteiger partial charge is 0.461 e. The van der Waals surface area contributed by atoms with Gasteiger partial charge in [0.1, 0.15) is 11.3 Å². The summed E-state index contributed by atoms with van der Waals surface area (Å²) in [4.78, 5) is 2.56. The molecule has 0 saturated carbocycles. The Bertz CT molecular complexity index is 590. The number of aryl methyl sites for hydroxylation is 1. The first kappa shape index (κ1) is 13.7. The van der Waals surface area contributed by atoms with Gasteiger partial charge in [0, 0.05) is 36.1 Å². The molecule has 0 aliphatic carbocycles. The number of rotatable bonds is 3. The Kier molecular flexibility index (Phi) is 3.81. The molecule has 1 aliphatic heterocycles. The van der Waals surface area contributed by atoms with E-state index in [1.807, 2.05) is 12.1 Å². The standard InChI is InChI=1S/C17H24N2O/c1-12-6-5-7-14(10-18)19(12)11-16-13(2)20-17-9-4-3-8-15(16)17/h3-4,8-9,12,14H,5-7,10-11,18H2,1-2H3. The molecule has 0 radical (unpaired) electrons. The summed E-state index contributed by atoms with van der Waals surface area (Å²) in [5.41, 5.74) is 8.29. The molecule has 2 unspecified atom stereocenters. The molecule has 1 aliphatic rings. The van der Waals surface area contributed by atoms with E-state index in [1.54, 1.807) is 0 Å². The maximum Gasteiger partial charge on any atom is 0.134 e. The Morgan fingerprint density at radius 3 is 2.90 bits per heavy atom. The van der Waals surface area contributed by atoms with Gasteiger partial charge in [0.25, 0.3) is 0 Å². The maximum absolute atomic E-state index is 5.97. The van der Waals surface area contributed by atoms with Crippen molar-refractivity contribution in [1.29, 1.82) is 0 Å². The monoisotopic (exact) mass is 272 g/mol. The summed E-state index contributed by atoms with van der Waals surface area (Å²) in [5.74, 6) is 1.04. The Labute approximate surface area is 120 Å². The minimum atomic E-state index is 0.506. The van der Waals surface area contributed by atoms with Gasteiger partial charge in [0.05, 0.1) is 0 Å². The average Bonchev–Trinajstić information content (AvgIpc) is 2.77. The lowest BCUT2D eigenvalue weighted by Crippen LogP contribution is -2.48. The van der Waals surface area contributed by atoms with Crippen molar-refractivity contribution in [2.24, 2.45) is 5.73 Å². The number of hydrogen-bond acceptors (Lipinski definition) is 3. The summed E-state index contributed by atoms with van der Waals surface area (Å²) in [7, 11) is 0. The van der Waals surface area contributed by atoms with Crippen LogP contribution in [0.2, 0.25) is 0 Å². The Morgan fingerprint density at radius 1 is 1.30 bits per heavy atom. The predicted molar refractivity (Wildman–Crippen MR) is 82.6 cm³/mol. The van der Waals surface area contributed by atoms with Crippen LogP contribution in [0.4, 0.5) is 0 Å². The number of benzene rings is 1. The summed E-state index contributed by atoms with van der Waals surface area (Å²) >= 11 is 0. The van der Waals surface area contributed by atoms with E-state index in [1.165, 1.54) is 30.2 Å². The van der Waals surface area contributed by atoms with E-state index in [2.05, 4.69) is 30.9 Å². The van der Waals surface area contributed by atoms with Crippen molar-refractivity contribution in [2.75, 3.05) is 6.54 Å². The lowest BCUT2D eigenvalue weighted by molar-refractivity contribution is 0.0891. The van der Waals surface area contributed by atoms with Crippen LogP contribution in [-0.2, 0) is 6.54 Å². The van der Waals surface area contributed by atoms with Crippen LogP contribution in [0.25, 0.3) is 11.0 Å². The van der Waals surface area contributed by atoms with Gasteiger partial charge in [-0.1, -0.05) is 24.6 Å². The van der Waals surface area contributed by atoms with Crippen LogP contribution in [-0.4, -0.2) is 23.5 Å². The van der Waals surface area contributed by atoms with E-state index < -0.39 is 0 Å². The van der Waals surface area contributed by atoms with Gasteiger partial charge in [-0.3, -0.25) is 4.90 Å². The zero-order chi connectivity index (χ0) is 14.1. The molecule has 108 valence electrons. The highest BCUT2D eigenvalue weighted by molar-refractivity contribution is 5.82. The molecule has 1 aromatic heterocycles. The zero-order valence-corrected chi connectivity index (χ0v) is 12.4. The summed E-state index contributed by atoms with van der Waals surface area (Å²) in [5, 5.41) is 1.25. The number of para-hydroxylation sites is 1. The Hall–Kier alpha value is -1.32. The summed E-state index contributed by atoms with van der Waals surface area (Å²) < 4.78 is 5.89. The van der Waals surface area contributed by atoms with Gasteiger partial charge in [-0.2, -0.15) is 0 Å². The third-order valence-electron chi connectivity index (χ3n) is 4.71. The van der Waals surface area contributed by atoms with Crippen molar-refractivity contribution in [1.82, 2.24) is 4.90 Å². The van der Waals surface area contributed by atoms with Crippen molar-refractivity contribution >= 4 is 11.0 Å². The van der Waals surface area contributed by atoms with E-state index in [-0.39, 0.29) is 0 Å². The van der Waals surface area contributed by atoms with Crippen LogP contribution in [0.1, 0.15) is 37.5 Å². The molecule has 1 saturated heterocycles. The molecule has 3 nitrogen and oxygen atoms in total. The summed E-state index contributed by atoms with van der Waals surface area (Å²) in [6, 6.07) is 9.43. The average molecular weight is 272 g/mol. The smallest absolute Gasteiger partial charge is 0.134 e. The number of hydrogen-bond donors (Lipinski definition) is 1. The van der Waals surface area contributed by atoms with Crippen LogP contribution < -0.4 is 5.73 Å². The number of nitrogens with zero attached hydrogens (tertiary/aromatic N) is 1. The van der Waals surface area contributed by atoms with Crippen LogP contribution in [0, 0.1) is 6.92 Å². The van der Waals surface area contributed by atoms with Crippen LogP contribution in [0.5, 0.6) is 0 Å². The van der Waals surface area contributed by atoms with Crippen molar-refractivity contribution in [3.63, 3.8) is 0 Å². The normalized spacial score (nSPS) is 24.4. The summed E-state index contributed by atoms with van der Waals surface area (Å²) in [6.07, 6.45) is 3.78. The summed E-state index contributed by atoms with van der Waals surface area (Å²) in [6.45, 7) is 6.09. The zero-order valence-electron chi connectivity index (χ0n) is 12.4. The molecule has 2 N–H and O–H groups in total. The topological polar surface area (TPSA) is 42.4 Å². The van der Waals surface area contributed by atoms with Crippen molar-refractivity contribution in [3.05, 3.63) is 35.6 Å². The fourth-order valence-electron chi connectivity index (χ4n) is 3.48. The van der Waals surface area contributed by atoms with Crippen molar-refractivity contribution < 1.29 is 4.42 Å². The molecule has 2 heterocycles. The highest BCUT2D eigenvalue weighted by atomic mass is 16.3. The van der Waals surface area contributed by atoms with E-state index in [9.17, 15) is 0 Å². The van der Waals surface area contributed by atoms with Gasteiger partial charge in [-0.25, -0.2) is 0 Å². The number of piperidine rings is 1. The second-order valence-corrected chi connectivity index (χ2v) is 5.97. The van der Waals surface area contributed by atoms with Crippen LogP contribution in [0.3, 0.4) is 0 Å². The highest BCUT2D eigenvalue weighted by Gasteiger charge is 2.28. The number of fused-ring (bicyclic) bond motifs is 1. The molecule has 1 aromatic carbocycles. The van der Waals surface area contributed by atoms with Gasteiger partial charge in [-0.15, -0.1) is 0 Å². The molecule has 0 spiro atoms. The van der Waals surface area contributed by atoms with E-state index in [0.717, 1.165) is 24.4 Å². The first-order valence-corrected chi connectivity index (χ1v) is 7.63. The van der Waals surface area contributed by atoms with E-state index in [0.29, 0.717) is 12.1 Å². The maximum atomic E-state index is 5.97. The molecule has 3 heteroatoms. The van der Waals surface area contributed by atoms with Gasteiger partial charge in [0.2, 0.25) is 0 Å². The van der Waals surface area contributed by atoms with Gasteiger partial charge in [-0.05, 0) is 32.8 Å². The van der Waals surface area contributed by atoms with Crippen LogP contribution >= 0.6 is 0 Å². The quantitative estimate of drug-likeness (QED) is 0.930. The SMILES string of the molecule is Cc1oc2ccccc2c1CN1C(C)CCCC1CN. The second kappa shape index (κ2) is 5.58. The van der Waals surface area contributed by atoms with Crippen LogP contribution in [0.15, 0.2) is 28.7 Å². The van der Waals surface area contributed by atoms with E-state index in [4.69, 9.17) is 10.2 Å². The molecule has 0 amide bonds. The number of furan rings is 1. The lowest BCUT2D eigenvalue weighted by atomic mass is 9.95. The first-order valence-electron chi connectivity index (χ1n) is 7.63. The van der Waals surface area contributed by atoms with Gasteiger partial charge in [0.15, 0.2) is 0 Å². The van der Waals surface area contributed by atoms with E-state index >= 15 is 0 Å². The Balaban J connectivity index is 1.93. The second-order valence-electron chi connectivity index (χ2n) is 5.97. The molecule has 1 fully saturated rings. The number of likely N-dealkylation sites (tertiary alicyclic amines) is 1. The lowest BCUT2D eigenvalue weighted by Gasteiger charge is -2.40. The first-order chi connectivity index (χ1) is 9.70. The number of nitrogens with two attached hydrogens (primary N) is 1. The minimum absolute atomic E-state index is 0.506. The third kappa shape index (κ3) is 2.36. The fraction of sp³-hybridized carbons (Fsp3) is 0.529. The van der Waals surface area contributed by atoms with Gasteiger partial charge < -0.3 is 10.2 Å². The van der Waals surface area contributed by atoms with Gasteiger partial charge >= 0.3 is 0 Å². The third-order valence-corrected chi connectivity index (χ3v) is 4.71.